The Morgan fingerprint density at radius 2 is 2.30 bits per heavy atom. The van der Waals surface area contributed by atoms with Crippen LogP contribution in [0.3, 0.4) is 0 Å². The van der Waals surface area contributed by atoms with Gasteiger partial charge in [-0.05, 0) is 43.5 Å². The number of nitrogen functional groups attached to an aromatic ring is 1. The molecule has 0 spiro atoms. The van der Waals surface area contributed by atoms with Gasteiger partial charge in [-0.2, -0.15) is 5.10 Å². The van der Waals surface area contributed by atoms with Crippen LogP contribution in [0.1, 0.15) is 17.7 Å². The Labute approximate surface area is 121 Å². The number of H-pyrrole nitrogens is 1. The molecule has 104 valence electrons. The van der Waals surface area contributed by atoms with Gasteiger partial charge in [-0.15, -0.1) is 0 Å². The summed E-state index contributed by atoms with van der Waals surface area (Å²) < 4.78 is 1.12. The first-order valence-electron chi connectivity index (χ1n) is 6.61. The van der Waals surface area contributed by atoms with Crippen molar-refractivity contribution in [3.05, 3.63) is 35.7 Å². The number of aromatic amines is 1. The first-order chi connectivity index (χ1) is 9.72. The molecule has 0 aliphatic heterocycles. The summed E-state index contributed by atoms with van der Waals surface area (Å²) >= 11 is 1.64. The maximum Gasteiger partial charge on any atom is 0.183 e. The highest BCUT2D eigenvalue weighted by molar-refractivity contribution is 7.22. The molecule has 2 heterocycles. The highest BCUT2D eigenvalue weighted by Crippen LogP contribution is 2.27. The lowest BCUT2D eigenvalue weighted by Crippen LogP contribution is -2.02. The van der Waals surface area contributed by atoms with Crippen LogP contribution in [0.15, 0.2) is 24.4 Å². The number of nitrogens with two attached hydrogens (primary N) is 1. The summed E-state index contributed by atoms with van der Waals surface area (Å²) in [4.78, 5) is 4.54. The third-order valence-electron chi connectivity index (χ3n) is 3.25. The number of hydrogen-bond acceptors (Lipinski definition) is 5. The third kappa shape index (κ3) is 2.75. The first kappa shape index (κ1) is 12.9. The maximum atomic E-state index is 5.77. The zero-order valence-electron chi connectivity index (χ0n) is 11.3. The van der Waals surface area contributed by atoms with Crippen molar-refractivity contribution in [2.24, 2.45) is 0 Å². The summed E-state index contributed by atoms with van der Waals surface area (Å²) in [5.74, 6) is 0. The molecule has 3 rings (SSSR count). The topological polar surface area (TPSA) is 79.6 Å². The zero-order valence-corrected chi connectivity index (χ0v) is 12.1. The second-order valence-electron chi connectivity index (χ2n) is 4.80. The minimum atomic E-state index is 0.781. The van der Waals surface area contributed by atoms with E-state index in [1.807, 2.05) is 31.3 Å². The minimum Gasteiger partial charge on any atom is -0.399 e. The fourth-order valence-corrected chi connectivity index (χ4v) is 3.06. The summed E-state index contributed by atoms with van der Waals surface area (Å²) in [6, 6.07) is 5.81. The number of aromatic nitrogens is 3. The SMILES string of the molecule is Cc1[nH]ncc1CCCNc1nc2ccc(N)cc2s1. The van der Waals surface area contributed by atoms with E-state index in [-0.39, 0.29) is 0 Å². The Hall–Kier alpha value is -2.08. The number of rotatable bonds is 5. The van der Waals surface area contributed by atoms with Gasteiger partial charge in [-0.3, -0.25) is 5.10 Å². The Morgan fingerprint density at radius 3 is 3.10 bits per heavy atom. The van der Waals surface area contributed by atoms with Crippen molar-refractivity contribution in [1.82, 2.24) is 15.2 Å². The fourth-order valence-electron chi connectivity index (χ4n) is 2.12. The Bertz CT molecular complexity index is 715. The van der Waals surface area contributed by atoms with Gasteiger partial charge in [0.1, 0.15) is 0 Å². The molecule has 0 fully saturated rings. The van der Waals surface area contributed by atoms with Crippen LogP contribution in [-0.4, -0.2) is 21.7 Å². The summed E-state index contributed by atoms with van der Waals surface area (Å²) in [6.07, 6.45) is 3.97. The quantitative estimate of drug-likeness (QED) is 0.498. The summed E-state index contributed by atoms with van der Waals surface area (Å²) in [6.45, 7) is 2.95. The van der Waals surface area contributed by atoms with Crippen LogP contribution >= 0.6 is 11.3 Å². The second-order valence-corrected chi connectivity index (χ2v) is 5.83. The van der Waals surface area contributed by atoms with E-state index >= 15 is 0 Å². The van der Waals surface area contributed by atoms with Crippen LogP contribution < -0.4 is 11.1 Å². The average Bonchev–Trinajstić information content (AvgIpc) is 3.00. The van der Waals surface area contributed by atoms with Crippen LogP contribution in [0.2, 0.25) is 0 Å². The molecule has 0 amide bonds. The van der Waals surface area contributed by atoms with Crippen LogP contribution in [0.4, 0.5) is 10.8 Å². The van der Waals surface area contributed by atoms with Gasteiger partial charge in [0.2, 0.25) is 0 Å². The van der Waals surface area contributed by atoms with Crippen molar-refractivity contribution in [3.8, 4) is 0 Å². The van der Waals surface area contributed by atoms with Crippen molar-refractivity contribution < 1.29 is 0 Å². The third-order valence-corrected chi connectivity index (χ3v) is 4.22. The summed E-state index contributed by atoms with van der Waals surface area (Å²) in [5, 5.41) is 11.3. The van der Waals surface area contributed by atoms with Gasteiger partial charge >= 0.3 is 0 Å². The van der Waals surface area contributed by atoms with Crippen LogP contribution in [-0.2, 0) is 6.42 Å². The Morgan fingerprint density at radius 1 is 1.40 bits per heavy atom. The van der Waals surface area contributed by atoms with E-state index in [2.05, 4.69) is 20.5 Å². The highest BCUT2D eigenvalue weighted by atomic mass is 32.1. The molecule has 0 radical (unpaired) electrons. The van der Waals surface area contributed by atoms with E-state index in [1.165, 1.54) is 5.56 Å². The number of thiazole rings is 1. The number of anilines is 2. The average molecular weight is 287 g/mol. The van der Waals surface area contributed by atoms with Gasteiger partial charge in [-0.25, -0.2) is 4.98 Å². The predicted molar refractivity (Wildman–Crippen MR) is 84.2 cm³/mol. The molecule has 5 nitrogen and oxygen atoms in total. The first-order valence-corrected chi connectivity index (χ1v) is 7.43. The van der Waals surface area contributed by atoms with Gasteiger partial charge in [-0.1, -0.05) is 11.3 Å². The highest BCUT2D eigenvalue weighted by Gasteiger charge is 2.04. The number of nitrogens with one attached hydrogen (secondary N) is 2. The number of hydrogen-bond donors (Lipinski definition) is 3. The number of benzene rings is 1. The number of nitrogens with zero attached hydrogens (tertiary/aromatic N) is 2. The van der Waals surface area contributed by atoms with Gasteiger partial charge < -0.3 is 11.1 Å². The van der Waals surface area contributed by atoms with E-state index in [1.54, 1.807) is 11.3 Å². The predicted octanol–water partition coefficient (Wildman–Crippen LogP) is 2.95. The molecule has 0 aliphatic rings. The van der Waals surface area contributed by atoms with Crippen LogP contribution in [0.5, 0.6) is 0 Å². The number of aryl methyl sites for hydroxylation is 2. The number of fused-ring (bicyclic) bond motifs is 1. The van der Waals surface area contributed by atoms with Gasteiger partial charge in [0, 0.05) is 17.9 Å². The lowest BCUT2D eigenvalue weighted by Gasteiger charge is -2.01. The van der Waals surface area contributed by atoms with E-state index < -0.39 is 0 Å². The largest absolute Gasteiger partial charge is 0.399 e. The normalized spacial score (nSPS) is 11.1. The minimum absolute atomic E-state index is 0.781. The lowest BCUT2D eigenvalue weighted by molar-refractivity contribution is 0.856. The van der Waals surface area contributed by atoms with Crippen molar-refractivity contribution >= 4 is 32.4 Å². The van der Waals surface area contributed by atoms with Crippen molar-refractivity contribution in [1.29, 1.82) is 0 Å². The molecule has 20 heavy (non-hydrogen) atoms. The lowest BCUT2D eigenvalue weighted by atomic mass is 10.1. The fraction of sp³-hybridized carbons (Fsp3) is 0.286. The van der Waals surface area contributed by atoms with Gasteiger partial charge in [0.05, 0.1) is 16.4 Å². The Balaban J connectivity index is 1.56. The summed E-state index contributed by atoms with van der Waals surface area (Å²) in [7, 11) is 0. The molecule has 2 aromatic heterocycles. The van der Waals surface area contributed by atoms with E-state index in [4.69, 9.17) is 5.73 Å². The molecule has 6 heteroatoms. The molecular formula is C14H17N5S. The van der Waals surface area contributed by atoms with E-state index in [9.17, 15) is 0 Å². The van der Waals surface area contributed by atoms with E-state index in [0.29, 0.717) is 0 Å². The standard InChI is InChI=1S/C14H17N5S/c1-9-10(8-17-19-9)3-2-6-16-14-18-12-5-4-11(15)7-13(12)20-14/h4-5,7-8H,2-3,6,15H2,1H3,(H,16,18)(H,17,19). The molecule has 0 atom stereocenters. The van der Waals surface area contributed by atoms with Gasteiger partial charge in [0.15, 0.2) is 5.13 Å². The molecule has 0 saturated heterocycles. The maximum absolute atomic E-state index is 5.77. The molecule has 0 bridgehead atoms. The smallest absolute Gasteiger partial charge is 0.183 e. The molecule has 3 aromatic rings. The molecule has 0 aliphatic carbocycles. The molecular weight excluding hydrogens is 270 g/mol. The Kier molecular flexibility index (Phi) is 3.56. The molecule has 4 N–H and O–H groups in total. The van der Waals surface area contributed by atoms with Crippen LogP contribution in [0.25, 0.3) is 10.2 Å². The molecule has 0 unspecified atom stereocenters. The molecule has 1 aromatic carbocycles. The van der Waals surface area contributed by atoms with E-state index in [0.717, 1.165) is 46.1 Å². The second kappa shape index (κ2) is 5.50. The van der Waals surface area contributed by atoms with Crippen molar-refractivity contribution in [2.45, 2.75) is 19.8 Å². The monoisotopic (exact) mass is 287 g/mol. The van der Waals surface area contributed by atoms with Gasteiger partial charge in [0.25, 0.3) is 0 Å². The summed E-state index contributed by atoms with van der Waals surface area (Å²) in [5.41, 5.74) is 9.99. The van der Waals surface area contributed by atoms with Crippen molar-refractivity contribution in [2.75, 3.05) is 17.6 Å². The van der Waals surface area contributed by atoms with Crippen LogP contribution in [0, 0.1) is 6.92 Å². The van der Waals surface area contributed by atoms with Crippen molar-refractivity contribution in [3.63, 3.8) is 0 Å². The molecule has 0 saturated carbocycles. The zero-order chi connectivity index (χ0) is 13.9.